The highest BCUT2D eigenvalue weighted by Gasteiger charge is 3.02. The van der Waals surface area contributed by atoms with Crippen molar-refractivity contribution in [3.8, 4) is 12.1 Å². The van der Waals surface area contributed by atoms with Crippen molar-refractivity contribution in [3.05, 3.63) is 0 Å². The number of nitriles is 2. The van der Waals surface area contributed by atoms with Gasteiger partial charge in [0.15, 0.2) is 10.8 Å². The van der Waals surface area contributed by atoms with Gasteiger partial charge in [0.1, 0.15) is 0 Å². The molecule has 6 nitrogen and oxygen atoms in total. The Hall–Kier alpha value is -1.63. The van der Waals surface area contributed by atoms with Crippen molar-refractivity contribution in [2.24, 2.45) is 22.0 Å². The number of ether oxygens (including phenoxy) is 2. The molecule has 2 aliphatic heterocycles. The Bertz CT molecular complexity index is 576. The molecule has 1 saturated heterocycles. The Morgan fingerprint density at radius 2 is 2.16 bits per heavy atom. The average molecular weight is 261 g/mol. The van der Waals surface area contributed by atoms with Crippen LogP contribution in [-0.4, -0.2) is 24.5 Å². The minimum Gasteiger partial charge on any atom is -0.311 e. The van der Waals surface area contributed by atoms with Crippen LogP contribution in [0.2, 0.25) is 0 Å². The molecule has 1 spiro atoms. The summed E-state index contributed by atoms with van der Waals surface area (Å²) in [5, 5.41) is 19.4. The van der Waals surface area contributed by atoms with Crippen molar-refractivity contribution in [1.29, 1.82) is 10.5 Å². The Balaban J connectivity index is 2.25. The number of nitrogens with one attached hydrogen (secondary N) is 1. The van der Waals surface area contributed by atoms with E-state index < -0.39 is 22.2 Å². The molecular weight excluding hydrogens is 244 g/mol. The summed E-state index contributed by atoms with van der Waals surface area (Å²) in [6.45, 7) is 6.11. The zero-order valence-corrected chi connectivity index (χ0v) is 11.3. The maximum Gasteiger partial charge on any atom is 0.343 e. The molecule has 6 heteroatoms. The smallest absolute Gasteiger partial charge is 0.311 e. The number of hydrogen-bond donors (Lipinski definition) is 2. The third-order valence-corrected chi connectivity index (χ3v) is 5.28. The summed E-state index contributed by atoms with van der Waals surface area (Å²) in [6.07, 6.45) is 0.515. The van der Waals surface area contributed by atoms with Gasteiger partial charge in [0, 0.05) is 5.41 Å². The van der Waals surface area contributed by atoms with Crippen LogP contribution in [0.3, 0.4) is 0 Å². The molecule has 3 aliphatic rings. The van der Waals surface area contributed by atoms with Gasteiger partial charge in [0.05, 0.1) is 24.8 Å². The minimum absolute atomic E-state index is 0.137. The molecule has 1 aliphatic carbocycles. The standard InChI is InChI=1S/C13H16N4O2/c1-4-10(3)11(6-14)9(16)17-13(12(10,11)7-15)18-5-8(2)19-13/h8H,4-5H2,1-3H3,(H2,16,17)/p+1/t8-,10+,11-,12+,13+/m0/s1. The molecule has 0 bridgehead atoms. The van der Waals surface area contributed by atoms with Crippen molar-refractivity contribution >= 4 is 5.84 Å². The van der Waals surface area contributed by atoms with Crippen LogP contribution in [0, 0.1) is 38.9 Å². The van der Waals surface area contributed by atoms with Gasteiger partial charge in [0.25, 0.3) is 5.84 Å². The molecule has 3 rings (SSSR count). The van der Waals surface area contributed by atoms with Crippen LogP contribution in [0.4, 0.5) is 0 Å². The Morgan fingerprint density at radius 3 is 2.53 bits per heavy atom. The van der Waals surface area contributed by atoms with Gasteiger partial charge in [-0.3, -0.25) is 5.73 Å². The molecular formula is C13H17N4O2+. The zero-order valence-electron chi connectivity index (χ0n) is 11.3. The number of rotatable bonds is 1. The third kappa shape index (κ3) is 0.842. The first kappa shape index (κ1) is 12.4. The SMILES string of the molecule is CC[C@]1(C)[C@]2(C#N)C(N)=[NH+][C@@]3(OC[C@H](C)O3)[C@]12C#N. The van der Waals surface area contributed by atoms with Gasteiger partial charge in [-0.2, -0.15) is 10.5 Å². The molecule has 2 heterocycles. The highest BCUT2D eigenvalue weighted by molar-refractivity contribution is 5.94. The van der Waals surface area contributed by atoms with E-state index in [1.807, 2.05) is 20.8 Å². The van der Waals surface area contributed by atoms with Crippen LogP contribution in [0.25, 0.3) is 0 Å². The third-order valence-electron chi connectivity index (χ3n) is 5.28. The van der Waals surface area contributed by atoms with Crippen molar-refractivity contribution in [2.75, 3.05) is 6.61 Å². The molecule has 2 fully saturated rings. The molecule has 0 aromatic carbocycles. The van der Waals surface area contributed by atoms with Gasteiger partial charge in [0.2, 0.25) is 0 Å². The first-order valence-corrected chi connectivity index (χ1v) is 6.46. The lowest BCUT2D eigenvalue weighted by Crippen LogP contribution is -2.90. The number of amidine groups is 1. The van der Waals surface area contributed by atoms with E-state index in [0.717, 1.165) is 0 Å². The van der Waals surface area contributed by atoms with Crippen LogP contribution >= 0.6 is 0 Å². The molecule has 5 atom stereocenters. The second kappa shape index (κ2) is 3.09. The minimum atomic E-state index is -1.29. The van der Waals surface area contributed by atoms with E-state index >= 15 is 0 Å². The Labute approximate surface area is 111 Å². The number of fused-ring (bicyclic) bond motifs is 2. The fourth-order valence-electron chi connectivity index (χ4n) is 4.18. The summed E-state index contributed by atoms with van der Waals surface area (Å²) in [4.78, 5) is 2.94. The quantitative estimate of drug-likeness (QED) is 0.628. The second-order valence-corrected chi connectivity index (χ2v) is 5.80. The van der Waals surface area contributed by atoms with Gasteiger partial charge in [-0.1, -0.05) is 13.8 Å². The maximum atomic E-state index is 9.79. The zero-order chi connectivity index (χ0) is 14.1. The van der Waals surface area contributed by atoms with Crippen molar-refractivity contribution < 1.29 is 14.5 Å². The first-order valence-electron chi connectivity index (χ1n) is 6.46. The van der Waals surface area contributed by atoms with Crippen LogP contribution in [0.15, 0.2) is 0 Å². The maximum absolute atomic E-state index is 9.79. The normalized spacial score (nSPS) is 54.4. The van der Waals surface area contributed by atoms with Crippen LogP contribution in [0.1, 0.15) is 27.2 Å². The van der Waals surface area contributed by atoms with Crippen molar-refractivity contribution in [2.45, 2.75) is 39.2 Å². The van der Waals surface area contributed by atoms with E-state index in [-0.39, 0.29) is 11.9 Å². The molecule has 19 heavy (non-hydrogen) atoms. The fourth-order valence-corrected chi connectivity index (χ4v) is 4.18. The first-order chi connectivity index (χ1) is 8.91. The van der Waals surface area contributed by atoms with E-state index in [1.54, 1.807) is 0 Å². The molecule has 0 aromatic heterocycles. The van der Waals surface area contributed by atoms with Gasteiger partial charge in [-0.05, 0) is 13.3 Å². The number of nitrogens with two attached hydrogens (primary N) is 1. The summed E-state index contributed by atoms with van der Waals surface area (Å²) in [5.41, 5.74) is 3.34. The summed E-state index contributed by atoms with van der Waals surface area (Å²) in [6, 6.07) is 4.55. The van der Waals surface area contributed by atoms with Gasteiger partial charge in [-0.25, -0.2) is 4.99 Å². The molecule has 0 radical (unpaired) electrons. The predicted molar refractivity (Wildman–Crippen MR) is 63.9 cm³/mol. The lowest BCUT2D eigenvalue weighted by molar-refractivity contribution is -0.680. The Kier molecular flexibility index (Phi) is 2.02. The van der Waals surface area contributed by atoms with Crippen molar-refractivity contribution in [3.63, 3.8) is 0 Å². The summed E-state index contributed by atoms with van der Waals surface area (Å²) < 4.78 is 11.6. The molecule has 0 aromatic rings. The topological polar surface area (TPSA) is 106 Å². The monoisotopic (exact) mass is 261 g/mol. The highest BCUT2D eigenvalue weighted by atomic mass is 16.8. The van der Waals surface area contributed by atoms with E-state index in [2.05, 4.69) is 17.1 Å². The highest BCUT2D eigenvalue weighted by Crippen LogP contribution is 2.83. The van der Waals surface area contributed by atoms with Gasteiger partial charge < -0.3 is 9.47 Å². The van der Waals surface area contributed by atoms with Crippen LogP contribution in [0.5, 0.6) is 0 Å². The lowest BCUT2D eigenvalue weighted by atomic mass is 9.89. The Morgan fingerprint density at radius 1 is 1.47 bits per heavy atom. The fraction of sp³-hybridized carbons (Fsp3) is 0.769. The van der Waals surface area contributed by atoms with E-state index in [9.17, 15) is 10.5 Å². The van der Waals surface area contributed by atoms with E-state index in [1.165, 1.54) is 0 Å². The van der Waals surface area contributed by atoms with Crippen LogP contribution < -0.4 is 10.7 Å². The van der Waals surface area contributed by atoms with E-state index in [0.29, 0.717) is 13.0 Å². The van der Waals surface area contributed by atoms with Crippen LogP contribution in [-0.2, 0) is 9.47 Å². The average Bonchev–Trinajstić information content (AvgIpc) is 2.57. The molecule has 0 amide bonds. The summed E-state index contributed by atoms with van der Waals surface area (Å²) in [5.74, 6) is -0.999. The predicted octanol–water partition coefficient (Wildman–Crippen LogP) is -1.02. The van der Waals surface area contributed by atoms with E-state index in [4.69, 9.17) is 15.2 Å². The van der Waals surface area contributed by atoms with Gasteiger partial charge >= 0.3 is 5.91 Å². The molecule has 100 valence electrons. The number of nitrogens with zero attached hydrogens (tertiary/aromatic N) is 2. The molecule has 0 unspecified atom stereocenters. The molecule has 3 N–H and O–H groups in total. The van der Waals surface area contributed by atoms with Gasteiger partial charge in [-0.15, -0.1) is 0 Å². The largest absolute Gasteiger partial charge is 0.343 e. The molecule has 1 saturated carbocycles. The number of hydrogen-bond acceptors (Lipinski definition) is 5. The summed E-state index contributed by atoms with van der Waals surface area (Å²) in [7, 11) is 0. The lowest BCUT2D eigenvalue weighted by Gasteiger charge is -2.26. The second-order valence-electron chi connectivity index (χ2n) is 5.80. The summed E-state index contributed by atoms with van der Waals surface area (Å²) >= 11 is 0. The van der Waals surface area contributed by atoms with Crippen molar-refractivity contribution in [1.82, 2.24) is 0 Å².